The van der Waals surface area contributed by atoms with Gasteiger partial charge in [-0.1, -0.05) is 38.8 Å². The van der Waals surface area contributed by atoms with Crippen molar-refractivity contribution in [3.8, 4) is 0 Å². The van der Waals surface area contributed by atoms with Crippen LogP contribution >= 0.6 is 0 Å². The molecular formula is C18H27NO3S. The number of nitrogens with one attached hydrogen (secondary N) is 1. The van der Waals surface area contributed by atoms with Crippen LogP contribution in [0.5, 0.6) is 0 Å². The first-order valence-corrected chi connectivity index (χ1v) is 9.79. The summed E-state index contributed by atoms with van der Waals surface area (Å²) in [5.74, 6) is -0.0366. The molecule has 0 heterocycles. The maximum absolute atomic E-state index is 13.4. The Bertz CT molecular complexity index is 686. The van der Waals surface area contributed by atoms with E-state index in [-0.39, 0.29) is 5.91 Å². The average Bonchev–Trinajstić information content (AvgIpc) is 2.98. The van der Waals surface area contributed by atoms with E-state index in [2.05, 4.69) is 5.32 Å². The number of aryl methyl sites for hydroxylation is 2. The number of hydrogen-bond donors (Lipinski definition) is 1. The van der Waals surface area contributed by atoms with Crippen LogP contribution < -0.4 is 5.32 Å². The summed E-state index contributed by atoms with van der Waals surface area (Å²) in [6, 6.07) is 5.41. The van der Waals surface area contributed by atoms with Gasteiger partial charge in [0, 0.05) is 6.54 Å². The molecule has 0 aliphatic heterocycles. The van der Waals surface area contributed by atoms with E-state index in [4.69, 9.17) is 0 Å². The fourth-order valence-electron chi connectivity index (χ4n) is 3.23. The van der Waals surface area contributed by atoms with Crippen LogP contribution in [0, 0.1) is 19.8 Å². The maximum Gasteiger partial charge on any atom is 0.241 e. The van der Waals surface area contributed by atoms with Crippen LogP contribution in [0.2, 0.25) is 0 Å². The summed E-state index contributed by atoms with van der Waals surface area (Å²) in [7, 11) is -3.71. The summed E-state index contributed by atoms with van der Waals surface area (Å²) in [6.45, 7) is 8.17. The summed E-state index contributed by atoms with van der Waals surface area (Å²) in [4.78, 5) is 13.1. The van der Waals surface area contributed by atoms with Crippen LogP contribution in [-0.4, -0.2) is 25.6 Å². The lowest BCUT2D eigenvalue weighted by molar-refractivity contribution is -0.123. The summed E-state index contributed by atoms with van der Waals surface area (Å²) in [5.41, 5.74) is 1.60. The van der Waals surface area contributed by atoms with Gasteiger partial charge in [0.2, 0.25) is 5.91 Å². The number of rotatable bonds is 5. The fourth-order valence-corrected chi connectivity index (χ4v) is 5.63. The topological polar surface area (TPSA) is 63.2 Å². The van der Waals surface area contributed by atoms with Crippen molar-refractivity contribution in [3.05, 3.63) is 29.3 Å². The first-order chi connectivity index (χ1) is 10.7. The van der Waals surface area contributed by atoms with Crippen LogP contribution in [0.3, 0.4) is 0 Å². The third-order valence-corrected chi connectivity index (χ3v) is 7.28. The van der Waals surface area contributed by atoms with Gasteiger partial charge in [-0.15, -0.1) is 0 Å². The smallest absolute Gasteiger partial charge is 0.241 e. The fraction of sp³-hybridized carbons (Fsp3) is 0.611. The van der Waals surface area contributed by atoms with Crippen LogP contribution in [0.1, 0.15) is 50.7 Å². The lowest BCUT2D eigenvalue weighted by Gasteiger charge is -2.29. The Balaban J connectivity index is 2.47. The van der Waals surface area contributed by atoms with Gasteiger partial charge in [-0.25, -0.2) is 8.42 Å². The molecule has 0 atom stereocenters. The molecule has 1 aromatic carbocycles. The summed E-state index contributed by atoms with van der Waals surface area (Å²) >= 11 is 0. The SMILES string of the molecule is Cc1ccc(C)c(S(=O)(=O)C2(C(=O)NCC(C)C)CCCC2)c1. The van der Waals surface area contributed by atoms with Crippen molar-refractivity contribution in [3.63, 3.8) is 0 Å². The highest BCUT2D eigenvalue weighted by Gasteiger charge is 2.53. The van der Waals surface area contributed by atoms with Gasteiger partial charge in [0.15, 0.2) is 14.6 Å². The van der Waals surface area contributed by atoms with E-state index in [1.807, 2.05) is 32.9 Å². The highest BCUT2D eigenvalue weighted by atomic mass is 32.2. The molecule has 0 unspecified atom stereocenters. The molecule has 23 heavy (non-hydrogen) atoms. The minimum atomic E-state index is -3.71. The maximum atomic E-state index is 13.4. The Labute approximate surface area is 139 Å². The average molecular weight is 337 g/mol. The molecule has 1 aromatic rings. The van der Waals surface area contributed by atoms with E-state index >= 15 is 0 Å². The Hall–Kier alpha value is -1.36. The van der Waals surface area contributed by atoms with E-state index in [1.54, 1.807) is 13.0 Å². The Morgan fingerprint density at radius 2 is 1.83 bits per heavy atom. The van der Waals surface area contributed by atoms with Crippen molar-refractivity contribution in [1.29, 1.82) is 0 Å². The largest absolute Gasteiger partial charge is 0.354 e. The molecule has 0 spiro atoms. The molecule has 0 bridgehead atoms. The predicted octanol–water partition coefficient (Wildman–Crippen LogP) is 3.16. The molecule has 1 N–H and O–H groups in total. The van der Waals surface area contributed by atoms with E-state index < -0.39 is 14.6 Å². The molecular weight excluding hydrogens is 310 g/mol. The third kappa shape index (κ3) is 3.30. The number of carbonyl (C=O) groups excluding carboxylic acids is 1. The van der Waals surface area contributed by atoms with E-state index in [9.17, 15) is 13.2 Å². The Morgan fingerprint density at radius 1 is 1.22 bits per heavy atom. The molecule has 5 heteroatoms. The molecule has 2 rings (SSSR count). The van der Waals surface area contributed by atoms with Gasteiger partial charge in [0.1, 0.15) is 0 Å². The van der Waals surface area contributed by atoms with Crippen molar-refractivity contribution in [2.24, 2.45) is 5.92 Å². The second-order valence-corrected chi connectivity index (χ2v) is 9.31. The van der Waals surface area contributed by atoms with Crippen molar-refractivity contribution in [2.45, 2.75) is 63.0 Å². The molecule has 4 nitrogen and oxygen atoms in total. The lowest BCUT2D eigenvalue weighted by atomic mass is 10.1. The van der Waals surface area contributed by atoms with E-state index in [1.165, 1.54) is 0 Å². The van der Waals surface area contributed by atoms with Crippen LogP contribution in [0.25, 0.3) is 0 Å². The zero-order valence-corrected chi connectivity index (χ0v) is 15.3. The third-order valence-electron chi connectivity index (χ3n) is 4.64. The quantitative estimate of drug-likeness (QED) is 0.897. The van der Waals surface area contributed by atoms with Crippen molar-refractivity contribution >= 4 is 15.7 Å². The van der Waals surface area contributed by atoms with Gasteiger partial charge in [0.25, 0.3) is 0 Å². The van der Waals surface area contributed by atoms with Gasteiger partial charge in [-0.2, -0.15) is 0 Å². The molecule has 0 radical (unpaired) electrons. The second-order valence-electron chi connectivity index (χ2n) is 7.08. The Morgan fingerprint density at radius 3 is 2.39 bits per heavy atom. The van der Waals surface area contributed by atoms with Gasteiger partial charge in [-0.3, -0.25) is 4.79 Å². The Kier molecular flexibility index (Phi) is 5.19. The number of hydrogen-bond acceptors (Lipinski definition) is 3. The van der Waals surface area contributed by atoms with Crippen molar-refractivity contribution < 1.29 is 13.2 Å². The number of benzene rings is 1. The summed E-state index contributed by atoms with van der Waals surface area (Å²) in [6.07, 6.45) is 2.37. The van der Waals surface area contributed by atoms with Crippen molar-refractivity contribution in [2.75, 3.05) is 6.54 Å². The van der Waals surface area contributed by atoms with Gasteiger partial charge >= 0.3 is 0 Å². The zero-order valence-electron chi connectivity index (χ0n) is 14.5. The van der Waals surface area contributed by atoms with E-state index in [0.29, 0.717) is 35.8 Å². The highest BCUT2D eigenvalue weighted by Crippen LogP contribution is 2.41. The second kappa shape index (κ2) is 6.63. The number of carbonyl (C=O) groups is 1. The highest BCUT2D eigenvalue weighted by molar-refractivity contribution is 7.93. The first-order valence-electron chi connectivity index (χ1n) is 8.31. The first kappa shape index (κ1) is 18.0. The molecule has 0 aromatic heterocycles. The van der Waals surface area contributed by atoms with E-state index in [0.717, 1.165) is 18.4 Å². The molecule has 0 saturated heterocycles. The molecule has 128 valence electrons. The zero-order chi connectivity index (χ0) is 17.3. The summed E-state index contributed by atoms with van der Waals surface area (Å²) in [5, 5.41) is 2.86. The van der Waals surface area contributed by atoms with Crippen LogP contribution in [0.4, 0.5) is 0 Å². The monoisotopic (exact) mass is 337 g/mol. The summed E-state index contributed by atoms with van der Waals surface area (Å²) < 4.78 is 25.4. The standard InChI is InChI=1S/C18H27NO3S/c1-13(2)12-19-17(20)18(9-5-6-10-18)23(21,22)16-11-14(3)7-8-15(16)4/h7-8,11,13H,5-6,9-10,12H2,1-4H3,(H,19,20). The van der Waals surface area contributed by atoms with Crippen LogP contribution in [0.15, 0.2) is 23.1 Å². The number of amides is 1. The van der Waals surface area contributed by atoms with Crippen molar-refractivity contribution in [1.82, 2.24) is 5.32 Å². The minimum Gasteiger partial charge on any atom is -0.354 e. The van der Waals surface area contributed by atoms with Gasteiger partial charge < -0.3 is 5.32 Å². The molecule has 1 saturated carbocycles. The molecule has 1 fully saturated rings. The molecule has 1 amide bonds. The van der Waals surface area contributed by atoms with Crippen LogP contribution in [-0.2, 0) is 14.6 Å². The van der Waals surface area contributed by atoms with Gasteiger partial charge in [0.05, 0.1) is 4.90 Å². The molecule has 1 aliphatic carbocycles. The molecule has 1 aliphatic rings. The predicted molar refractivity (Wildman–Crippen MR) is 92.1 cm³/mol. The minimum absolute atomic E-state index is 0.292. The number of sulfone groups is 1. The lowest BCUT2D eigenvalue weighted by Crippen LogP contribution is -2.51. The van der Waals surface area contributed by atoms with Gasteiger partial charge in [-0.05, 0) is 49.8 Å². The normalized spacial score (nSPS) is 17.4.